The SMILES string of the molecule is CN(C)c1ccc([C@H]2C(C#N)=C(N)O[C@H]3[C@@H]2C(C(F)(F)F)=NN3c2ccccc2)cc1. The lowest BCUT2D eigenvalue weighted by molar-refractivity contribution is -0.0658. The number of hydrogen-bond acceptors (Lipinski definition) is 6. The van der Waals surface area contributed by atoms with Crippen molar-refractivity contribution in [2.45, 2.75) is 18.3 Å². The first-order valence-electron chi connectivity index (χ1n) is 9.56. The van der Waals surface area contributed by atoms with Crippen LogP contribution in [0.3, 0.4) is 0 Å². The van der Waals surface area contributed by atoms with Crippen molar-refractivity contribution in [3.63, 3.8) is 0 Å². The largest absolute Gasteiger partial charge is 0.452 e. The van der Waals surface area contributed by atoms with Crippen molar-refractivity contribution in [2.24, 2.45) is 16.8 Å². The van der Waals surface area contributed by atoms with Crippen LogP contribution in [0.25, 0.3) is 0 Å². The van der Waals surface area contributed by atoms with Gasteiger partial charge < -0.3 is 15.4 Å². The minimum atomic E-state index is -4.70. The van der Waals surface area contributed by atoms with Crippen LogP contribution in [-0.2, 0) is 4.74 Å². The van der Waals surface area contributed by atoms with E-state index in [0.717, 1.165) is 5.69 Å². The van der Waals surface area contributed by atoms with Crippen LogP contribution in [0.1, 0.15) is 11.5 Å². The van der Waals surface area contributed by atoms with Gasteiger partial charge in [0.1, 0.15) is 6.07 Å². The molecule has 4 rings (SSSR count). The molecule has 0 saturated carbocycles. The smallest absolute Gasteiger partial charge is 0.431 e. The molecule has 2 aromatic carbocycles. The van der Waals surface area contributed by atoms with Gasteiger partial charge in [-0.15, -0.1) is 0 Å². The van der Waals surface area contributed by atoms with Crippen LogP contribution in [0.2, 0.25) is 0 Å². The van der Waals surface area contributed by atoms with E-state index in [2.05, 4.69) is 5.10 Å². The number of anilines is 2. The number of nitriles is 1. The van der Waals surface area contributed by atoms with Crippen LogP contribution in [0.4, 0.5) is 24.5 Å². The van der Waals surface area contributed by atoms with Gasteiger partial charge in [0.2, 0.25) is 12.1 Å². The van der Waals surface area contributed by atoms with E-state index in [0.29, 0.717) is 11.3 Å². The van der Waals surface area contributed by atoms with E-state index in [-0.39, 0.29) is 11.5 Å². The fraction of sp³-hybridized carbons (Fsp3) is 0.273. The van der Waals surface area contributed by atoms with Gasteiger partial charge in [-0.3, -0.25) is 0 Å². The number of para-hydroxylation sites is 1. The lowest BCUT2D eigenvalue weighted by atomic mass is 9.76. The van der Waals surface area contributed by atoms with Gasteiger partial charge in [-0.25, -0.2) is 5.01 Å². The summed E-state index contributed by atoms with van der Waals surface area (Å²) in [6.07, 6.45) is -5.83. The highest BCUT2D eigenvalue weighted by Crippen LogP contribution is 2.48. The monoisotopic (exact) mass is 427 g/mol. The first kappa shape index (κ1) is 20.6. The Labute approximate surface area is 177 Å². The van der Waals surface area contributed by atoms with Crippen LogP contribution in [0.5, 0.6) is 0 Å². The number of nitrogens with two attached hydrogens (primary N) is 1. The van der Waals surface area contributed by atoms with Gasteiger partial charge >= 0.3 is 6.18 Å². The highest BCUT2D eigenvalue weighted by Gasteiger charge is 2.57. The Morgan fingerprint density at radius 2 is 1.74 bits per heavy atom. The fourth-order valence-corrected chi connectivity index (χ4v) is 4.01. The third-order valence-electron chi connectivity index (χ3n) is 5.46. The highest BCUT2D eigenvalue weighted by atomic mass is 19.4. The maximum Gasteiger partial charge on any atom is 0.431 e. The maximum absolute atomic E-state index is 14.1. The summed E-state index contributed by atoms with van der Waals surface area (Å²) in [4.78, 5) is 1.88. The molecule has 2 N–H and O–H groups in total. The number of alkyl halides is 3. The first-order chi connectivity index (χ1) is 14.7. The minimum absolute atomic E-state index is 0.0364. The molecule has 2 aromatic rings. The highest BCUT2D eigenvalue weighted by molar-refractivity contribution is 5.96. The molecule has 6 nitrogen and oxygen atoms in total. The number of fused-ring (bicyclic) bond motifs is 1. The summed E-state index contributed by atoms with van der Waals surface area (Å²) in [6, 6.07) is 17.4. The standard InChI is InChI=1S/C22H20F3N5O/c1-29(2)14-10-8-13(9-11-14)17-16(12-26)20(27)31-21-18(17)19(22(23,24)25)28-30(21)15-6-4-3-5-7-15/h3-11,17-18,21H,27H2,1-2H3/t17-,18-,21-/m0/s1. The van der Waals surface area contributed by atoms with E-state index in [1.807, 2.05) is 25.1 Å². The Kier molecular flexibility index (Phi) is 5.01. The molecule has 0 aliphatic carbocycles. The van der Waals surface area contributed by atoms with Crippen molar-refractivity contribution in [3.8, 4) is 6.07 Å². The molecule has 0 spiro atoms. The Morgan fingerprint density at radius 3 is 2.29 bits per heavy atom. The molecule has 0 aromatic heterocycles. The lowest BCUT2D eigenvalue weighted by Gasteiger charge is -2.37. The van der Waals surface area contributed by atoms with Gasteiger partial charge in [-0.05, 0) is 29.8 Å². The third kappa shape index (κ3) is 3.54. The lowest BCUT2D eigenvalue weighted by Crippen LogP contribution is -2.46. The van der Waals surface area contributed by atoms with Crippen LogP contribution in [0, 0.1) is 17.2 Å². The van der Waals surface area contributed by atoms with E-state index in [9.17, 15) is 18.4 Å². The molecule has 0 bridgehead atoms. The Morgan fingerprint density at radius 1 is 1.10 bits per heavy atom. The van der Waals surface area contributed by atoms with Crippen molar-refractivity contribution < 1.29 is 17.9 Å². The number of allylic oxidation sites excluding steroid dienone is 1. The number of ether oxygens (including phenoxy) is 1. The summed E-state index contributed by atoms with van der Waals surface area (Å²) < 4.78 is 47.8. The number of nitrogens with zero attached hydrogens (tertiary/aromatic N) is 4. The molecule has 3 atom stereocenters. The summed E-state index contributed by atoms with van der Waals surface area (Å²) >= 11 is 0. The third-order valence-corrected chi connectivity index (χ3v) is 5.46. The van der Waals surface area contributed by atoms with Crippen molar-refractivity contribution in [1.82, 2.24) is 0 Å². The molecule has 0 saturated heterocycles. The molecule has 0 unspecified atom stereocenters. The van der Waals surface area contributed by atoms with Crippen LogP contribution >= 0.6 is 0 Å². The molecule has 0 radical (unpaired) electrons. The fourth-order valence-electron chi connectivity index (χ4n) is 4.01. The average Bonchev–Trinajstić information content (AvgIpc) is 3.13. The molecule has 2 aliphatic rings. The zero-order valence-electron chi connectivity index (χ0n) is 16.8. The van der Waals surface area contributed by atoms with Crippen LogP contribution < -0.4 is 15.6 Å². The number of hydrazone groups is 1. The topological polar surface area (TPSA) is 77.9 Å². The van der Waals surface area contributed by atoms with Crippen LogP contribution in [0.15, 0.2) is 71.2 Å². The van der Waals surface area contributed by atoms with E-state index < -0.39 is 30.0 Å². The van der Waals surface area contributed by atoms with Crippen molar-refractivity contribution >= 4 is 17.1 Å². The summed E-state index contributed by atoms with van der Waals surface area (Å²) in [7, 11) is 3.72. The summed E-state index contributed by atoms with van der Waals surface area (Å²) in [5, 5.41) is 14.8. The van der Waals surface area contributed by atoms with Crippen molar-refractivity contribution in [1.29, 1.82) is 5.26 Å². The summed E-state index contributed by atoms with van der Waals surface area (Å²) in [6.45, 7) is 0. The van der Waals surface area contributed by atoms with E-state index in [1.54, 1.807) is 54.6 Å². The molecule has 0 fully saturated rings. The van der Waals surface area contributed by atoms with E-state index in [4.69, 9.17) is 10.5 Å². The molecular formula is C22H20F3N5O. The average molecular weight is 427 g/mol. The Balaban J connectivity index is 1.87. The quantitative estimate of drug-likeness (QED) is 0.803. The van der Waals surface area contributed by atoms with Gasteiger partial charge in [-0.2, -0.15) is 23.5 Å². The van der Waals surface area contributed by atoms with Crippen molar-refractivity contribution in [3.05, 3.63) is 71.6 Å². The van der Waals surface area contributed by atoms with Crippen molar-refractivity contribution in [2.75, 3.05) is 24.0 Å². The van der Waals surface area contributed by atoms with E-state index >= 15 is 0 Å². The predicted octanol–water partition coefficient (Wildman–Crippen LogP) is 3.94. The van der Waals surface area contributed by atoms with Crippen LogP contribution in [-0.4, -0.2) is 32.2 Å². The summed E-state index contributed by atoms with van der Waals surface area (Å²) in [5.41, 5.74) is 6.83. The number of hydrogen-bond donors (Lipinski definition) is 1. The van der Waals surface area contributed by atoms with Gasteiger partial charge in [0.15, 0.2) is 5.71 Å². The molecule has 2 heterocycles. The zero-order chi connectivity index (χ0) is 22.3. The molecule has 2 aliphatic heterocycles. The summed E-state index contributed by atoms with van der Waals surface area (Å²) in [5.74, 6) is -2.40. The number of rotatable bonds is 3. The maximum atomic E-state index is 14.1. The molecule has 160 valence electrons. The van der Waals surface area contributed by atoms with Gasteiger partial charge in [-0.1, -0.05) is 30.3 Å². The molecule has 9 heteroatoms. The molecule has 0 amide bonds. The van der Waals surface area contributed by atoms with Gasteiger partial charge in [0.25, 0.3) is 0 Å². The second-order valence-electron chi connectivity index (χ2n) is 7.55. The molecular weight excluding hydrogens is 407 g/mol. The Bertz CT molecular complexity index is 1070. The Hall–Kier alpha value is -3.67. The van der Waals surface area contributed by atoms with Gasteiger partial charge in [0, 0.05) is 25.7 Å². The van der Waals surface area contributed by atoms with E-state index in [1.165, 1.54) is 5.01 Å². The predicted molar refractivity (Wildman–Crippen MR) is 111 cm³/mol. The zero-order valence-corrected chi connectivity index (χ0v) is 16.8. The minimum Gasteiger partial charge on any atom is -0.452 e. The number of benzene rings is 2. The van der Waals surface area contributed by atoms with Gasteiger partial charge in [0.05, 0.1) is 17.2 Å². The number of halogens is 3. The second-order valence-corrected chi connectivity index (χ2v) is 7.55. The molecule has 31 heavy (non-hydrogen) atoms. The second kappa shape index (κ2) is 7.54. The normalized spacial score (nSPS) is 23.0. The first-order valence-corrected chi connectivity index (χ1v) is 9.56.